The number of aliphatic hydroxyl groups excluding tert-OH is 1. The summed E-state index contributed by atoms with van der Waals surface area (Å²) in [5, 5.41) is 17.8. The zero-order valence-corrected chi connectivity index (χ0v) is 25.5. The zero-order chi connectivity index (χ0) is 29.3. The fraction of sp³-hybridized carbons (Fsp3) is 0.581. The molecular formula is C31H46N4O4S. The number of nitrogens with zero attached hydrogens (tertiary/aromatic N) is 2. The van der Waals surface area contributed by atoms with Crippen molar-refractivity contribution in [1.29, 1.82) is 0 Å². The van der Waals surface area contributed by atoms with Crippen molar-refractivity contribution in [3.63, 3.8) is 0 Å². The number of carbonyl (C=O) groups is 2. The standard InChI is InChI=1S/C31H46N4O4S/c1-30(2,3)34-28(37)26-19-24(40-21-23-12-15-32-16-13-23)14-17-35(26)20-27(36)25(18-22-10-8-7-9-11-22)33-29(38)39-31(4,5)6/h7-13,15-16,24-27,36H,14,17-21H2,1-6H3,(H,33,38)(H,34,37)/t24-,25+,26+,27-/m1/s1. The molecule has 1 fully saturated rings. The Bertz CT molecular complexity index is 1070. The van der Waals surface area contributed by atoms with Gasteiger partial charge in [0.05, 0.1) is 18.2 Å². The minimum Gasteiger partial charge on any atom is -0.444 e. The summed E-state index contributed by atoms with van der Waals surface area (Å²) in [7, 11) is 0. The van der Waals surface area contributed by atoms with E-state index in [0.717, 1.165) is 17.7 Å². The molecule has 2 aromatic rings. The van der Waals surface area contributed by atoms with E-state index in [1.54, 1.807) is 12.4 Å². The van der Waals surface area contributed by atoms with Gasteiger partial charge in [0.2, 0.25) is 5.91 Å². The van der Waals surface area contributed by atoms with Gasteiger partial charge >= 0.3 is 6.09 Å². The van der Waals surface area contributed by atoms with E-state index in [1.807, 2.05) is 95.8 Å². The Hall–Kier alpha value is -2.62. The fourth-order valence-electron chi connectivity index (χ4n) is 4.75. The highest BCUT2D eigenvalue weighted by Gasteiger charge is 2.37. The second-order valence-corrected chi connectivity index (χ2v) is 13.9. The van der Waals surface area contributed by atoms with Crippen LogP contribution in [0.4, 0.5) is 4.79 Å². The molecule has 1 aromatic heterocycles. The molecule has 1 aromatic carbocycles. The van der Waals surface area contributed by atoms with Crippen LogP contribution >= 0.6 is 11.8 Å². The molecule has 2 amide bonds. The third kappa shape index (κ3) is 11.1. The first kappa shape index (κ1) is 31.9. The first-order valence-electron chi connectivity index (χ1n) is 14.1. The highest BCUT2D eigenvalue weighted by atomic mass is 32.2. The molecule has 3 rings (SSSR count). The van der Waals surface area contributed by atoms with Crippen molar-refractivity contribution in [1.82, 2.24) is 20.5 Å². The van der Waals surface area contributed by atoms with Gasteiger partial charge in [-0.2, -0.15) is 11.8 Å². The highest BCUT2D eigenvalue weighted by molar-refractivity contribution is 7.99. The molecule has 2 heterocycles. The van der Waals surface area contributed by atoms with Crippen molar-refractivity contribution in [3.8, 4) is 0 Å². The summed E-state index contributed by atoms with van der Waals surface area (Å²) in [4.78, 5) is 32.3. The van der Waals surface area contributed by atoms with Crippen molar-refractivity contribution in [2.45, 2.75) is 101 Å². The number of thioether (sulfide) groups is 1. The summed E-state index contributed by atoms with van der Waals surface area (Å²) in [5.41, 5.74) is 1.19. The maximum absolute atomic E-state index is 13.5. The lowest BCUT2D eigenvalue weighted by Gasteiger charge is -2.41. The number of carbonyl (C=O) groups excluding carboxylic acids is 2. The van der Waals surface area contributed by atoms with Gasteiger partial charge in [0.25, 0.3) is 0 Å². The number of aromatic nitrogens is 1. The Kier molecular flexibility index (Phi) is 11.4. The number of amides is 2. The number of aliphatic hydroxyl groups is 1. The molecule has 0 aliphatic carbocycles. The molecule has 0 saturated carbocycles. The molecule has 4 atom stereocenters. The van der Waals surface area contributed by atoms with E-state index < -0.39 is 23.8 Å². The topological polar surface area (TPSA) is 104 Å². The van der Waals surface area contributed by atoms with Gasteiger partial charge in [-0.05, 0) is 84.1 Å². The number of nitrogens with one attached hydrogen (secondary N) is 2. The third-order valence-electron chi connectivity index (χ3n) is 6.59. The van der Waals surface area contributed by atoms with Crippen molar-refractivity contribution in [2.75, 3.05) is 13.1 Å². The average Bonchev–Trinajstić information content (AvgIpc) is 2.86. The van der Waals surface area contributed by atoms with Crippen LogP contribution in [0.15, 0.2) is 54.9 Å². The second-order valence-electron chi connectivity index (χ2n) is 12.6. The zero-order valence-electron chi connectivity index (χ0n) is 24.7. The Morgan fingerprint density at radius 1 is 1.07 bits per heavy atom. The summed E-state index contributed by atoms with van der Waals surface area (Å²) < 4.78 is 5.49. The van der Waals surface area contributed by atoms with E-state index in [9.17, 15) is 14.7 Å². The number of pyridine rings is 1. The van der Waals surface area contributed by atoms with Gasteiger partial charge in [-0.25, -0.2) is 4.79 Å². The number of piperidine rings is 1. The molecule has 1 aliphatic rings. The van der Waals surface area contributed by atoms with Gasteiger partial charge in [-0.15, -0.1) is 0 Å². The first-order valence-corrected chi connectivity index (χ1v) is 15.1. The van der Waals surface area contributed by atoms with Crippen LogP contribution in [0.1, 0.15) is 65.5 Å². The van der Waals surface area contributed by atoms with Crippen LogP contribution in [-0.4, -0.2) is 74.7 Å². The van der Waals surface area contributed by atoms with Crippen LogP contribution in [0.5, 0.6) is 0 Å². The van der Waals surface area contributed by atoms with Gasteiger partial charge in [0.15, 0.2) is 0 Å². The van der Waals surface area contributed by atoms with Gasteiger partial charge in [0, 0.05) is 42.0 Å². The van der Waals surface area contributed by atoms with Crippen LogP contribution < -0.4 is 10.6 Å². The summed E-state index contributed by atoms with van der Waals surface area (Å²) in [6.45, 7) is 12.3. The lowest BCUT2D eigenvalue weighted by Crippen LogP contribution is -2.59. The van der Waals surface area contributed by atoms with Crippen molar-refractivity contribution in [2.24, 2.45) is 0 Å². The largest absolute Gasteiger partial charge is 0.444 e. The van der Waals surface area contributed by atoms with E-state index in [0.29, 0.717) is 24.6 Å². The molecule has 9 heteroatoms. The maximum atomic E-state index is 13.5. The van der Waals surface area contributed by atoms with Crippen molar-refractivity contribution < 1.29 is 19.4 Å². The van der Waals surface area contributed by atoms with Crippen LogP contribution in [0.25, 0.3) is 0 Å². The molecule has 0 spiro atoms. The SMILES string of the molecule is CC(C)(C)NC(=O)[C@@H]1C[C@H](SCc2ccncc2)CCN1C[C@@H](O)[C@H](Cc1ccccc1)NC(=O)OC(C)(C)C. The van der Waals surface area contributed by atoms with E-state index >= 15 is 0 Å². The smallest absolute Gasteiger partial charge is 0.407 e. The highest BCUT2D eigenvalue weighted by Crippen LogP contribution is 2.30. The number of β-amino-alcohol motifs (C(OH)–C–C–N with tert-alkyl or cyclic N) is 1. The number of benzene rings is 1. The maximum Gasteiger partial charge on any atom is 0.407 e. The Morgan fingerprint density at radius 3 is 2.38 bits per heavy atom. The Morgan fingerprint density at radius 2 is 1.75 bits per heavy atom. The van der Waals surface area contributed by atoms with Crippen molar-refractivity contribution in [3.05, 3.63) is 66.0 Å². The molecule has 3 N–H and O–H groups in total. The predicted molar refractivity (Wildman–Crippen MR) is 161 cm³/mol. The molecule has 0 bridgehead atoms. The lowest BCUT2D eigenvalue weighted by atomic mass is 9.96. The van der Waals surface area contributed by atoms with E-state index in [1.165, 1.54) is 5.56 Å². The molecule has 220 valence electrons. The summed E-state index contributed by atoms with van der Waals surface area (Å²) >= 11 is 1.86. The molecule has 8 nitrogen and oxygen atoms in total. The molecule has 1 saturated heterocycles. The quantitative estimate of drug-likeness (QED) is 0.385. The van der Waals surface area contributed by atoms with Gasteiger partial charge in [-0.1, -0.05) is 30.3 Å². The third-order valence-corrected chi connectivity index (χ3v) is 7.99. The molecule has 1 aliphatic heterocycles. The number of hydrogen-bond acceptors (Lipinski definition) is 7. The number of rotatable bonds is 10. The fourth-order valence-corrected chi connectivity index (χ4v) is 5.96. The Labute approximate surface area is 243 Å². The van der Waals surface area contributed by atoms with Gasteiger partial charge in [-0.3, -0.25) is 14.7 Å². The molecule has 0 unspecified atom stereocenters. The van der Waals surface area contributed by atoms with Crippen LogP contribution in [0.3, 0.4) is 0 Å². The monoisotopic (exact) mass is 570 g/mol. The van der Waals surface area contributed by atoms with Crippen LogP contribution in [-0.2, 0) is 21.7 Å². The number of ether oxygens (including phenoxy) is 1. The van der Waals surface area contributed by atoms with Crippen LogP contribution in [0, 0.1) is 0 Å². The molecule has 0 radical (unpaired) electrons. The summed E-state index contributed by atoms with van der Waals surface area (Å²) in [6.07, 6.45) is 4.17. The summed E-state index contributed by atoms with van der Waals surface area (Å²) in [5.74, 6) is 0.830. The molecule has 40 heavy (non-hydrogen) atoms. The Balaban J connectivity index is 1.73. The minimum atomic E-state index is -0.904. The minimum absolute atomic E-state index is 0.0337. The predicted octanol–water partition coefficient (Wildman–Crippen LogP) is 4.56. The summed E-state index contributed by atoms with van der Waals surface area (Å²) in [6, 6.07) is 12.8. The number of hydrogen-bond donors (Lipinski definition) is 3. The lowest BCUT2D eigenvalue weighted by molar-refractivity contribution is -0.129. The number of likely N-dealkylation sites (tertiary alicyclic amines) is 1. The number of alkyl carbamates (subject to hydrolysis) is 1. The second kappa shape index (κ2) is 14.3. The van der Waals surface area contributed by atoms with Gasteiger partial charge in [0.1, 0.15) is 5.60 Å². The van der Waals surface area contributed by atoms with Crippen molar-refractivity contribution >= 4 is 23.8 Å². The normalized spacial score (nSPS) is 19.9. The van der Waals surface area contributed by atoms with Gasteiger partial charge < -0.3 is 20.5 Å². The van der Waals surface area contributed by atoms with E-state index in [4.69, 9.17) is 4.74 Å². The first-order chi connectivity index (χ1) is 18.8. The average molecular weight is 571 g/mol. The van der Waals surface area contributed by atoms with E-state index in [2.05, 4.69) is 20.5 Å². The van der Waals surface area contributed by atoms with Crippen LogP contribution in [0.2, 0.25) is 0 Å². The molecular weight excluding hydrogens is 524 g/mol. The van der Waals surface area contributed by atoms with E-state index in [-0.39, 0.29) is 24.0 Å².